The first-order valence-corrected chi connectivity index (χ1v) is 10.8. The Labute approximate surface area is 166 Å². The van der Waals surface area contributed by atoms with Crippen molar-refractivity contribution in [1.82, 2.24) is 4.90 Å². The molecule has 0 aliphatic carbocycles. The minimum atomic E-state index is -0.456. The summed E-state index contributed by atoms with van der Waals surface area (Å²) in [4.78, 5) is 14.5. The van der Waals surface area contributed by atoms with Crippen LogP contribution in [0.4, 0.5) is 4.79 Å². The first-order valence-electron chi connectivity index (χ1n) is 10.8. The second-order valence-corrected chi connectivity index (χ2v) is 8.98. The number of nitrogens with zero attached hydrogens (tertiary/aromatic N) is 1. The highest BCUT2D eigenvalue weighted by molar-refractivity contribution is 5.70. The number of amides is 1. The van der Waals surface area contributed by atoms with Crippen molar-refractivity contribution >= 4 is 6.09 Å². The molecule has 1 saturated heterocycles. The Balaban J connectivity index is 1.72. The normalized spacial score (nSPS) is 22.3. The number of carbonyl (C=O) groups excluding carboxylic acids is 1. The fourth-order valence-corrected chi connectivity index (χ4v) is 3.99. The predicted octanol–water partition coefficient (Wildman–Crippen LogP) is 6.02. The summed E-state index contributed by atoms with van der Waals surface area (Å²) in [6.45, 7) is 10.7. The van der Waals surface area contributed by atoms with Crippen molar-refractivity contribution in [2.75, 3.05) is 13.2 Å². The predicted molar refractivity (Wildman–Crippen MR) is 111 cm³/mol. The third-order valence-electron chi connectivity index (χ3n) is 5.29. The minimum absolute atomic E-state index is 0.0345. The number of hydrogen-bond acceptors (Lipinski definition) is 3. The van der Waals surface area contributed by atoms with Gasteiger partial charge in [-0.1, -0.05) is 49.8 Å². The molecule has 27 heavy (non-hydrogen) atoms. The molecule has 2 aliphatic heterocycles. The SMILES string of the molecule is C=CCCCCCCCCCC1=CC2COCC(C1)N2C(=O)OC(C)(C)C. The topological polar surface area (TPSA) is 38.8 Å². The van der Waals surface area contributed by atoms with Crippen molar-refractivity contribution in [3.63, 3.8) is 0 Å². The zero-order valence-electron chi connectivity index (χ0n) is 17.7. The number of unbranched alkanes of at least 4 members (excludes halogenated alkanes) is 7. The van der Waals surface area contributed by atoms with Gasteiger partial charge in [0.2, 0.25) is 0 Å². The summed E-state index contributed by atoms with van der Waals surface area (Å²) < 4.78 is 11.3. The number of fused-ring (bicyclic) bond motifs is 2. The molecule has 0 aromatic carbocycles. The summed E-state index contributed by atoms with van der Waals surface area (Å²) in [7, 11) is 0. The van der Waals surface area contributed by atoms with Crippen LogP contribution in [0.15, 0.2) is 24.3 Å². The van der Waals surface area contributed by atoms with Crippen molar-refractivity contribution in [3.05, 3.63) is 24.3 Å². The Kier molecular flexibility index (Phi) is 8.88. The van der Waals surface area contributed by atoms with Gasteiger partial charge in [-0.3, -0.25) is 4.90 Å². The van der Waals surface area contributed by atoms with E-state index in [2.05, 4.69) is 12.7 Å². The molecule has 0 spiro atoms. The molecular formula is C23H39NO3. The number of allylic oxidation sites excluding steroid dienone is 1. The van der Waals surface area contributed by atoms with Crippen molar-refractivity contribution in [2.24, 2.45) is 0 Å². The number of ether oxygens (including phenoxy) is 2. The summed E-state index contributed by atoms with van der Waals surface area (Å²) in [6.07, 6.45) is 16.5. The number of morpholine rings is 1. The Bertz CT molecular complexity index is 506. The standard InChI is InChI=1S/C23H39NO3/c1-5-6-7-8-9-10-11-12-13-14-19-15-20-17-26-18-21(16-19)24(20)22(25)27-23(2,3)4/h5,15,20-21H,1,6-14,16-18H2,2-4H3. The van der Waals surface area contributed by atoms with E-state index in [0.717, 1.165) is 19.3 Å². The molecule has 2 rings (SSSR count). The molecule has 0 N–H and O–H groups in total. The van der Waals surface area contributed by atoms with Gasteiger partial charge in [0.15, 0.2) is 0 Å². The zero-order valence-corrected chi connectivity index (χ0v) is 17.7. The Hall–Kier alpha value is -1.29. The number of carbonyl (C=O) groups is 1. The van der Waals surface area contributed by atoms with Gasteiger partial charge in [-0.05, 0) is 52.9 Å². The fraction of sp³-hybridized carbons (Fsp3) is 0.783. The summed E-state index contributed by atoms with van der Waals surface area (Å²) >= 11 is 0. The molecular weight excluding hydrogens is 338 g/mol. The molecule has 1 fully saturated rings. The summed E-state index contributed by atoms with van der Waals surface area (Å²) in [6, 6.07) is 0.163. The second kappa shape index (κ2) is 10.9. The smallest absolute Gasteiger partial charge is 0.411 e. The highest BCUT2D eigenvalue weighted by atomic mass is 16.6. The third-order valence-corrected chi connectivity index (χ3v) is 5.29. The van der Waals surface area contributed by atoms with Crippen LogP contribution < -0.4 is 0 Å². The van der Waals surface area contributed by atoms with Crippen LogP contribution in [0.3, 0.4) is 0 Å². The quantitative estimate of drug-likeness (QED) is 0.345. The lowest BCUT2D eigenvalue weighted by Crippen LogP contribution is -2.57. The average Bonchev–Trinajstić information content (AvgIpc) is 2.58. The van der Waals surface area contributed by atoms with E-state index in [4.69, 9.17) is 9.47 Å². The van der Waals surface area contributed by atoms with Gasteiger partial charge < -0.3 is 9.47 Å². The monoisotopic (exact) mass is 377 g/mol. The fourth-order valence-electron chi connectivity index (χ4n) is 3.99. The lowest BCUT2D eigenvalue weighted by atomic mass is 9.91. The van der Waals surface area contributed by atoms with Crippen molar-refractivity contribution < 1.29 is 14.3 Å². The molecule has 4 nitrogen and oxygen atoms in total. The molecule has 4 heteroatoms. The van der Waals surface area contributed by atoms with Crippen LogP contribution >= 0.6 is 0 Å². The van der Waals surface area contributed by atoms with Gasteiger partial charge in [0.1, 0.15) is 5.60 Å². The van der Waals surface area contributed by atoms with Gasteiger partial charge in [-0.25, -0.2) is 4.79 Å². The van der Waals surface area contributed by atoms with E-state index in [1.54, 1.807) is 0 Å². The zero-order chi connectivity index (χ0) is 19.7. The average molecular weight is 378 g/mol. The Morgan fingerprint density at radius 1 is 1.19 bits per heavy atom. The molecule has 0 saturated carbocycles. The van der Waals surface area contributed by atoms with Gasteiger partial charge in [-0.15, -0.1) is 6.58 Å². The van der Waals surface area contributed by atoms with Gasteiger partial charge in [0.05, 0.1) is 25.3 Å². The first kappa shape index (κ1) is 22.0. The van der Waals surface area contributed by atoms with Crippen LogP contribution in [0.25, 0.3) is 0 Å². The molecule has 2 aliphatic rings. The van der Waals surface area contributed by atoms with Gasteiger partial charge >= 0.3 is 6.09 Å². The van der Waals surface area contributed by atoms with Crippen LogP contribution in [0.1, 0.15) is 85.0 Å². The highest BCUT2D eigenvalue weighted by Crippen LogP contribution is 2.31. The molecule has 2 atom stereocenters. The van der Waals surface area contributed by atoms with Gasteiger partial charge in [0.25, 0.3) is 0 Å². The van der Waals surface area contributed by atoms with Gasteiger partial charge in [0, 0.05) is 0 Å². The second-order valence-electron chi connectivity index (χ2n) is 8.98. The molecule has 2 bridgehead atoms. The van der Waals surface area contributed by atoms with E-state index in [1.807, 2.05) is 31.7 Å². The maximum Gasteiger partial charge on any atom is 0.411 e. The van der Waals surface area contributed by atoms with Crippen LogP contribution in [0, 0.1) is 0 Å². The Morgan fingerprint density at radius 2 is 1.85 bits per heavy atom. The molecule has 0 aromatic heterocycles. The van der Waals surface area contributed by atoms with Crippen LogP contribution in [0.5, 0.6) is 0 Å². The number of rotatable bonds is 10. The van der Waals surface area contributed by atoms with Crippen molar-refractivity contribution in [1.29, 1.82) is 0 Å². The molecule has 0 aromatic rings. The van der Waals surface area contributed by atoms with Crippen LogP contribution in [-0.4, -0.2) is 41.9 Å². The van der Waals surface area contributed by atoms with E-state index in [0.29, 0.717) is 13.2 Å². The minimum Gasteiger partial charge on any atom is -0.444 e. The molecule has 0 radical (unpaired) electrons. The molecule has 154 valence electrons. The van der Waals surface area contributed by atoms with E-state index >= 15 is 0 Å². The molecule has 2 unspecified atom stereocenters. The highest BCUT2D eigenvalue weighted by Gasteiger charge is 2.39. The van der Waals surface area contributed by atoms with E-state index in [-0.39, 0.29) is 18.2 Å². The largest absolute Gasteiger partial charge is 0.444 e. The van der Waals surface area contributed by atoms with Crippen molar-refractivity contribution in [3.8, 4) is 0 Å². The lowest BCUT2D eigenvalue weighted by molar-refractivity contribution is -0.0538. The third kappa shape index (κ3) is 7.69. The first-order chi connectivity index (χ1) is 12.9. The maximum atomic E-state index is 12.6. The maximum absolute atomic E-state index is 12.6. The summed E-state index contributed by atoms with van der Waals surface area (Å²) in [5.74, 6) is 0. The lowest BCUT2D eigenvalue weighted by Gasteiger charge is -2.44. The van der Waals surface area contributed by atoms with Gasteiger partial charge in [-0.2, -0.15) is 0 Å². The van der Waals surface area contributed by atoms with Crippen LogP contribution in [0.2, 0.25) is 0 Å². The van der Waals surface area contributed by atoms with E-state index < -0.39 is 5.60 Å². The molecule has 2 heterocycles. The van der Waals surface area contributed by atoms with Crippen molar-refractivity contribution in [2.45, 2.75) is 103 Å². The Morgan fingerprint density at radius 3 is 2.48 bits per heavy atom. The van der Waals surface area contributed by atoms with Crippen LogP contribution in [-0.2, 0) is 9.47 Å². The van der Waals surface area contributed by atoms with E-state index in [9.17, 15) is 4.79 Å². The summed E-state index contributed by atoms with van der Waals surface area (Å²) in [5, 5.41) is 0. The molecule has 1 amide bonds. The number of hydrogen-bond donors (Lipinski definition) is 0. The summed E-state index contributed by atoms with van der Waals surface area (Å²) in [5.41, 5.74) is 1.04. The van der Waals surface area contributed by atoms with E-state index in [1.165, 1.54) is 50.5 Å².